The third kappa shape index (κ3) is 3.25. The van der Waals surface area contributed by atoms with Crippen LogP contribution in [-0.2, 0) is 0 Å². The number of amides is 1. The highest BCUT2D eigenvalue weighted by molar-refractivity contribution is 5.94. The summed E-state index contributed by atoms with van der Waals surface area (Å²) in [5.41, 5.74) is 0.237. The zero-order valence-corrected chi connectivity index (χ0v) is 11.5. The Morgan fingerprint density at radius 1 is 1.42 bits per heavy atom. The van der Waals surface area contributed by atoms with Crippen molar-refractivity contribution in [2.45, 2.75) is 32.6 Å². The Bertz CT molecular complexity index is 467. The van der Waals surface area contributed by atoms with Crippen molar-refractivity contribution >= 4 is 5.91 Å². The second-order valence-electron chi connectivity index (χ2n) is 5.55. The largest absolute Gasteiger partial charge is 0.497 e. The maximum absolute atomic E-state index is 13.7. The van der Waals surface area contributed by atoms with E-state index in [2.05, 4.69) is 12.2 Å². The summed E-state index contributed by atoms with van der Waals surface area (Å²) < 4.78 is 18.7. The van der Waals surface area contributed by atoms with Gasteiger partial charge in [-0.15, -0.1) is 0 Å². The molecule has 1 aliphatic rings. The van der Waals surface area contributed by atoms with Gasteiger partial charge in [-0.25, -0.2) is 4.39 Å². The molecular weight excluding hydrogens is 245 g/mol. The molecule has 0 aliphatic heterocycles. The molecule has 1 aromatic carbocycles. The van der Waals surface area contributed by atoms with Crippen LogP contribution in [0.2, 0.25) is 0 Å². The molecule has 3 nitrogen and oxygen atoms in total. The van der Waals surface area contributed by atoms with E-state index in [9.17, 15) is 9.18 Å². The van der Waals surface area contributed by atoms with E-state index in [1.54, 1.807) is 6.07 Å². The van der Waals surface area contributed by atoms with Crippen molar-refractivity contribution in [1.29, 1.82) is 0 Å². The van der Waals surface area contributed by atoms with Crippen LogP contribution in [0, 0.1) is 11.2 Å². The van der Waals surface area contributed by atoms with E-state index < -0.39 is 5.82 Å². The number of carbonyl (C=O) groups is 1. The van der Waals surface area contributed by atoms with Crippen molar-refractivity contribution in [1.82, 2.24) is 5.32 Å². The molecule has 1 aromatic rings. The Labute approximate surface area is 113 Å². The number of hydrogen-bond acceptors (Lipinski definition) is 2. The van der Waals surface area contributed by atoms with Gasteiger partial charge < -0.3 is 10.1 Å². The third-order valence-corrected chi connectivity index (χ3v) is 3.91. The van der Waals surface area contributed by atoms with Crippen molar-refractivity contribution in [3.8, 4) is 5.75 Å². The fourth-order valence-electron chi connectivity index (χ4n) is 2.60. The van der Waals surface area contributed by atoms with Gasteiger partial charge in [0, 0.05) is 12.6 Å². The van der Waals surface area contributed by atoms with Crippen LogP contribution in [-0.4, -0.2) is 19.6 Å². The van der Waals surface area contributed by atoms with E-state index in [1.165, 1.54) is 32.1 Å². The fraction of sp³-hybridized carbons (Fsp3) is 0.533. The molecule has 0 heterocycles. The zero-order chi connectivity index (χ0) is 13.9. The summed E-state index contributed by atoms with van der Waals surface area (Å²) in [6.45, 7) is 2.78. The lowest BCUT2D eigenvalue weighted by atomic mass is 9.89. The molecule has 1 saturated carbocycles. The van der Waals surface area contributed by atoms with Crippen molar-refractivity contribution < 1.29 is 13.9 Å². The summed E-state index contributed by atoms with van der Waals surface area (Å²) >= 11 is 0. The van der Waals surface area contributed by atoms with Gasteiger partial charge in [-0.2, -0.15) is 0 Å². The molecule has 104 valence electrons. The van der Waals surface area contributed by atoms with E-state index in [0.717, 1.165) is 12.8 Å². The first-order valence-corrected chi connectivity index (χ1v) is 6.66. The molecule has 0 atom stereocenters. The molecule has 0 aromatic heterocycles. The van der Waals surface area contributed by atoms with Gasteiger partial charge in [0.05, 0.1) is 12.7 Å². The minimum absolute atomic E-state index is 0.0717. The molecule has 1 N–H and O–H groups in total. The predicted molar refractivity (Wildman–Crippen MR) is 71.9 cm³/mol. The molecule has 19 heavy (non-hydrogen) atoms. The van der Waals surface area contributed by atoms with E-state index in [-0.39, 0.29) is 16.9 Å². The quantitative estimate of drug-likeness (QED) is 0.908. The van der Waals surface area contributed by atoms with E-state index in [1.807, 2.05) is 0 Å². The Hall–Kier alpha value is -1.58. The Kier molecular flexibility index (Phi) is 4.08. The summed E-state index contributed by atoms with van der Waals surface area (Å²) in [6.07, 6.45) is 4.67. The van der Waals surface area contributed by atoms with Crippen LogP contribution >= 0.6 is 0 Å². The van der Waals surface area contributed by atoms with E-state index >= 15 is 0 Å². The second-order valence-corrected chi connectivity index (χ2v) is 5.55. The SMILES string of the molecule is COc1ccc(C(=O)NCC2(C)CCCC2)c(F)c1. The number of rotatable bonds is 4. The predicted octanol–water partition coefficient (Wildman–Crippen LogP) is 3.14. The highest BCUT2D eigenvalue weighted by atomic mass is 19.1. The molecule has 1 amide bonds. The lowest BCUT2D eigenvalue weighted by Crippen LogP contribution is -2.34. The summed E-state index contributed by atoms with van der Waals surface area (Å²) in [6, 6.07) is 4.28. The van der Waals surface area contributed by atoms with Crippen LogP contribution in [0.4, 0.5) is 4.39 Å². The number of nitrogens with one attached hydrogen (secondary N) is 1. The Morgan fingerprint density at radius 3 is 2.68 bits per heavy atom. The van der Waals surface area contributed by atoms with Gasteiger partial charge in [0.2, 0.25) is 0 Å². The van der Waals surface area contributed by atoms with Gasteiger partial charge in [-0.3, -0.25) is 4.79 Å². The maximum Gasteiger partial charge on any atom is 0.254 e. The first-order chi connectivity index (χ1) is 9.04. The average molecular weight is 265 g/mol. The molecule has 1 fully saturated rings. The van der Waals surface area contributed by atoms with Crippen LogP contribution in [0.15, 0.2) is 18.2 Å². The standard InChI is InChI=1S/C15H20FNO2/c1-15(7-3-4-8-15)10-17-14(18)12-6-5-11(19-2)9-13(12)16/h5-6,9H,3-4,7-8,10H2,1-2H3,(H,17,18). The number of methoxy groups -OCH3 is 1. The second kappa shape index (κ2) is 5.59. The minimum Gasteiger partial charge on any atom is -0.497 e. The maximum atomic E-state index is 13.7. The van der Waals surface area contributed by atoms with Crippen molar-refractivity contribution in [3.05, 3.63) is 29.6 Å². The fourth-order valence-corrected chi connectivity index (χ4v) is 2.60. The Morgan fingerprint density at radius 2 is 2.11 bits per heavy atom. The lowest BCUT2D eigenvalue weighted by Gasteiger charge is -2.23. The summed E-state index contributed by atoms with van der Waals surface area (Å²) in [7, 11) is 1.47. The van der Waals surface area contributed by atoms with Gasteiger partial charge >= 0.3 is 0 Å². The molecule has 0 unspecified atom stereocenters. The number of ether oxygens (including phenoxy) is 1. The lowest BCUT2D eigenvalue weighted by molar-refractivity contribution is 0.0930. The summed E-state index contributed by atoms with van der Waals surface area (Å²) in [5.74, 6) is -0.487. The molecule has 0 saturated heterocycles. The van der Waals surface area contributed by atoms with Gasteiger partial charge in [0.25, 0.3) is 5.91 Å². The molecule has 1 aliphatic carbocycles. The number of benzene rings is 1. The van der Waals surface area contributed by atoms with Crippen LogP contribution < -0.4 is 10.1 Å². The zero-order valence-electron chi connectivity index (χ0n) is 11.5. The third-order valence-electron chi connectivity index (χ3n) is 3.91. The topological polar surface area (TPSA) is 38.3 Å². The molecule has 0 spiro atoms. The van der Waals surface area contributed by atoms with Crippen LogP contribution in [0.5, 0.6) is 5.75 Å². The number of carbonyl (C=O) groups excluding carboxylic acids is 1. The first-order valence-electron chi connectivity index (χ1n) is 6.66. The number of hydrogen-bond donors (Lipinski definition) is 1. The normalized spacial score (nSPS) is 17.2. The first kappa shape index (κ1) is 13.8. The molecule has 4 heteroatoms. The molecule has 0 radical (unpaired) electrons. The van der Waals surface area contributed by atoms with Crippen molar-refractivity contribution in [2.75, 3.05) is 13.7 Å². The van der Waals surface area contributed by atoms with Gasteiger partial charge in [-0.05, 0) is 30.4 Å². The van der Waals surface area contributed by atoms with E-state index in [4.69, 9.17) is 4.74 Å². The highest BCUT2D eigenvalue weighted by Gasteiger charge is 2.29. The molecule has 0 bridgehead atoms. The van der Waals surface area contributed by atoms with Crippen LogP contribution in [0.25, 0.3) is 0 Å². The van der Waals surface area contributed by atoms with Crippen LogP contribution in [0.1, 0.15) is 43.0 Å². The van der Waals surface area contributed by atoms with Crippen LogP contribution in [0.3, 0.4) is 0 Å². The summed E-state index contributed by atoms with van der Waals surface area (Å²) in [5, 5.41) is 2.84. The number of halogens is 1. The van der Waals surface area contributed by atoms with E-state index in [0.29, 0.717) is 12.3 Å². The summed E-state index contributed by atoms with van der Waals surface area (Å²) in [4.78, 5) is 12.0. The smallest absolute Gasteiger partial charge is 0.254 e. The monoisotopic (exact) mass is 265 g/mol. The minimum atomic E-state index is -0.548. The Balaban J connectivity index is 2.00. The van der Waals surface area contributed by atoms with Gasteiger partial charge in [-0.1, -0.05) is 19.8 Å². The van der Waals surface area contributed by atoms with Gasteiger partial charge in [0.1, 0.15) is 11.6 Å². The molecular formula is C15H20FNO2. The van der Waals surface area contributed by atoms with Gasteiger partial charge in [0.15, 0.2) is 0 Å². The van der Waals surface area contributed by atoms with Crippen molar-refractivity contribution in [3.63, 3.8) is 0 Å². The highest BCUT2D eigenvalue weighted by Crippen LogP contribution is 2.36. The molecule has 2 rings (SSSR count). The average Bonchev–Trinajstić information content (AvgIpc) is 2.83. The van der Waals surface area contributed by atoms with Crippen molar-refractivity contribution in [2.24, 2.45) is 5.41 Å².